The van der Waals surface area contributed by atoms with Crippen LogP contribution in [0.4, 0.5) is 19.1 Å². The maximum absolute atomic E-state index is 13.4. The molecule has 3 aromatic rings. The Hall–Kier alpha value is -3.73. The van der Waals surface area contributed by atoms with Crippen molar-refractivity contribution in [3.05, 3.63) is 76.7 Å². The van der Waals surface area contributed by atoms with Crippen LogP contribution in [0, 0.1) is 0 Å². The van der Waals surface area contributed by atoms with Crippen LogP contribution in [-0.4, -0.2) is 62.6 Å². The van der Waals surface area contributed by atoms with Crippen molar-refractivity contribution in [1.29, 1.82) is 0 Å². The van der Waals surface area contributed by atoms with Gasteiger partial charge in [0.2, 0.25) is 11.9 Å². The smallest absolute Gasteiger partial charge is 0.348 e. The monoisotopic (exact) mass is 514 g/mol. The summed E-state index contributed by atoms with van der Waals surface area (Å²) in [6.45, 7) is 10.0. The van der Waals surface area contributed by atoms with Gasteiger partial charge in [-0.2, -0.15) is 18.2 Å². The van der Waals surface area contributed by atoms with Crippen LogP contribution >= 0.6 is 0 Å². The maximum atomic E-state index is 13.4. The minimum atomic E-state index is -4.59. The van der Waals surface area contributed by atoms with E-state index >= 15 is 0 Å². The second-order valence-electron chi connectivity index (χ2n) is 9.14. The second-order valence-corrected chi connectivity index (χ2v) is 9.14. The highest BCUT2D eigenvalue weighted by Crippen LogP contribution is 2.31. The van der Waals surface area contributed by atoms with Crippen LogP contribution in [0.5, 0.6) is 0 Å². The number of pyridine rings is 1. The summed E-state index contributed by atoms with van der Waals surface area (Å²) in [6, 6.07) is 8.26. The van der Waals surface area contributed by atoms with Crippen molar-refractivity contribution in [2.75, 3.05) is 31.5 Å². The fourth-order valence-corrected chi connectivity index (χ4v) is 4.33. The van der Waals surface area contributed by atoms with E-state index < -0.39 is 17.8 Å². The molecule has 1 N–H and O–H groups in total. The van der Waals surface area contributed by atoms with Gasteiger partial charge in [-0.3, -0.25) is 19.1 Å². The molecule has 0 aliphatic carbocycles. The first-order valence-corrected chi connectivity index (χ1v) is 12.0. The number of rotatable bonds is 7. The number of nitrogens with zero attached hydrogens (tertiary/aromatic N) is 5. The van der Waals surface area contributed by atoms with Crippen molar-refractivity contribution in [3.8, 4) is 0 Å². The number of fused-ring (bicyclic) bond motifs is 1. The summed E-state index contributed by atoms with van der Waals surface area (Å²) in [4.78, 5) is 36.6. The van der Waals surface area contributed by atoms with E-state index in [9.17, 15) is 22.8 Å². The van der Waals surface area contributed by atoms with E-state index in [4.69, 9.17) is 0 Å². The van der Waals surface area contributed by atoms with Crippen LogP contribution < -0.4 is 10.9 Å². The van der Waals surface area contributed by atoms with Crippen molar-refractivity contribution in [2.45, 2.75) is 38.7 Å². The summed E-state index contributed by atoms with van der Waals surface area (Å²) >= 11 is 0. The zero-order chi connectivity index (χ0) is 26.7. The SMILES string of the molecule is C=CC(=O)N1CCN(Cc2ccc([C@H](C)Nc3ncc4ccc(=O)n([C@@H](C)C(F)(F)F)c4n3)cc2)CC1. The average molecular weight is 515 g/mol. The largest absolute Gasteiger partial charge is 0.409 e. The molecule has 0 saturated carbocycles. The van der Waals surface area contributed by atoms with Crippen molar-refractivity contribution < 1.29 is 18.0 Å². The van der Waals surface area contributed by atoms with Crippen LogP contribution in [0.1, 0.15) is 37.1 Å². The van der Waals surface area contributed by atoms with Crippen LogP contribution in [0.15, 0.2) is 60.0 Å². The molecule has 2 atom stereocenters. The summed E-state index contributed by atoms with van der Waals surface area (Å²) in [5, 5.41) is 3.46. The number of hydrogen-bond acceptors (Lipinski definition) is 6. The highest BCUT2D eigenvalue weighted by Gasteiger charge is 2.38. The highest BCUT2D eigenvalue weighted by molar-refractivity contribution is 5.87. The molecule has 1 aromatic carbocycles. The highest BCUT2D eigenvalue weighted by atomic mass is 19.4. The van der Waals surface area contributed by atoms with E-state index in [1.165, 1.54) is 18.3 Å². The molecule has 1 saturated heterocycles. The molecule has 37 heavy (non-hydrogen) atoms. The second kappa shape index (κ2) is 10.7. The summed E-state index contributed by atoms with van der Waals surface area (Å²) in [6.07, 6.45) is -1.85. The predicted octanol–water partition coefficient (Wildman–Crippen LogP) is 3.92. The first-order valence-electron chi connectivity index (χ1n) is 12.0. The van der Waals surface area contributed by atoms with Gasteiger partial charge in [0.25, 0.3) is 5.56 Å². The first kappa shape index (κ1) is 26.3. The topological polar surface area (TPSA) is 83.4 Å². The fraction of sp³-hybridized carbons (Fsp3) is 0.385. The Morgan fingerprint density at radius 1 is 1.11 bits per heavy atom. The number of carbonyl (C=O) groups is 1. The molecule has 1 aliphatic heterocycles. The lowest BCUT2D eigenvalue weighted by atomic mass is 10.1. The third-order valence-electron chi connectivity index (χ3n) is 6.62. The van der Waals surface area contributed by atoms with Gasteiger partial charge in [-0.05, 0) is 37.1 Å². The van der Waals surface area contributed by atoms with E-state index in [2.05, 4.69) is 26.8 Å². The molecular weight excluding hydrogens is 485 g/mol. The van der Waals surface area contributed by atoms with Crippen LogP contribution in [0.2, 0.25) is 0 Å². The average Bonchev–Trinajstić information content (AvgIpc) is 2.88. The Morgan fingerprint density at radius 3 is 2.41 bits per heavy atom. The van der Waals surface area contributed by atoms with E-state index in [0.29, 0.717) is 23.0 Å². The lowest BCUT2D eigenvalue weighted by Gasteiger charge is -2.34. The third-order valence-corrected chi connectivity index (χ3v) is 6.62. The van der Waals surface area contributed by atoms with Gasteiger partial charge >= 0.3 is 6.18 Å². The zero-order valence-corrected chi connectivity index (χ0v) is 20.7. The molecule has 1 aliphatic rings. The number of carbonyl (C=O) groups excluding carboxylic acids is 1. The molecule has 0 bridgehead atoms. The first-order chi connectivity index (χ1) is 17.6. The number of aromatic nitrogens is 3. The third kappa shape index (κ3) is 5.99. The minimum Gasteiger partial charge on any atom is -0.348 e. The van der Waals surface area contributed by atoms with E-state index in [1.54, 1.807) is 4.90 Å². The molecule has 0 unspecified atom stereocenters. The molecule has 0 radical (unpaired) electrons. The van der Waals surface area contributed by atoms with Gasteiger partial charge in [0.1, 0.15) is 11.7 Å². The van der Waals surface area contributed by atoms with Crippen LogP contribution in [-0.2, 0) is 11.3 Å². The zero-order valence-electron chi connectivity index (χ0n) is 20.7. The molecule has 1 fully saturated rings. The molecule has 3 heterocycles. The summed E-state index contributed by atoms with van der Waals surface area (Å²) in [5.74, 6) is 0.0868. The van der Waals surface area contributed by atoms with Crippen molar-refractivity contribution >= 4 is 22.9 Å². The molecule has 4 rings (SSSR count). The summed E-state index contributed by atoms with van der Waals surface area (Å²) < 4.78 is 40.8. The van der Waals surface area contributed by atoms with Gasteiger partial charge in [-0.1, -0.05) is 30.8 Å². The van der Waals surface area contributed by atoms with Gasteiger partial charge in [0, 0.05) is 50.4 Å². The fourth-order valence-electron chi connectivity index (χ4n) is 4.33. The Kier molecular flexibility index (Phi) is 7.63. The number of amides is 1. The van der Waals surface area contributed by atoms with Gasteiger partial charge in [-0.25, -0.2) is 4.98 Å². The van der Waals surface area contributed by atoms with Crippen LogP contribution in [0.3, 0.4) is 0 Å². The summed E-state index contributed by atoms with van der Waals surface area (Å²) in [7, 11) is 0. The number of nitrogens with one attached hydrogen (secondary N) is 1. The molecule has 2 aromatic heterocycles. The minimum absolute atomic E-state index is 0.0426. The Morgan fingerprint density at radius 2 is 1.78 bits per heavy atom. The standard InChI is InChI=1S/C26H29F3N6O2/c1-4-22(36)34-13-11-33(12-14-34)16-19-5-7-20(8-6-19)17(2)31-25-30-15-21-9-10-23(37)35(24(21)32-25)18(3)26(27,28)29/h4-10,15,17-18H,1,11-14,16H2,2-3H3,(H,30,31,32)/t17-,18-/m0/s1. The van der Waals surface area contributed by atoms with Crippen molar-refractivity contribution in [1.82, 2.24) is 24.3 Å². The van der Waals surface area contributed by atoms with E-state index in [1.807, 2.05) is 31.2 Å². The van der Waals surface area contributed by atoms with Gasteiger partial charge in [-0.15, -0.1) is 0 Å². The molecule has 0 spiro atoms. The molecule has 11 heteroatoms. The number of halogens is 3. The number of anilines is 1. The van der Waals surface area contributed by atoms with Gasteiger partial charge < -0.3 is 10.2 Å². The quantitative estimate of drug-likeness (QED) is 0.482. The molecule has 1 amide bonds. The number of benzene rings is 1. The lowest BCUT2D eigenvalue weighted by Crippen LogP contribution is -2.47. The van der Waals surface area contributed by atoms with E-state index in [0.717, 1.165) is 43.8 Å². The van der Waals surface area contributed by atoms with Crippen molar-refractivity contribution in [3.63, 3.8) is 0 Å². The van der Waals surface area contributed by atoms with Gasteiger partial charge in [0.15, 0.2) is 0 Å². The molecule has 196 valence electrons. The Balaban J connectivity index is 1.44. The Labute approximate surface area is 212 Å². The van der Waals surface area contributed by atoms with Gasteiger partial charge in [0.05, 0.1) is 6.04 Å². The van der Waals surface area contributed by atoms with Crippen molar-refractivity contribution in [2.24, 2.45) is 0 Å². The van der Waals surface area contributed by atoms with Crippen LogP contribution in [0.25, 0.3) is 11.0 Å². The predicted molar refractivity (Wildman–Crippen MR) is 135 cm³/mol. The Bertz CT molecular complexity index is 1330. The molecule has 8 nitrogen and oxygen atoms in total. The molecular formula is C26H29F3N6O2. The van der Waals surface area contributed by atoms with E-state index in [-0.39, 0.29) is 23.5 Å². The number of hydrogen-bond donors (Lipinski definition) is 1. The number of piperazine rings is 1. The normalized spacial score (nSPS) is 16.4. The number of alkyl halides is 3. The lowest BCUT2D eigenvalue weighted by molar-refractivity contribution is -0.162. The summed E-state index contributed by atoms with van der Waals surface area (Å²) in [5.41, 5.74) is 1.22. The maximum Gasteiger partial charge on any atom is 0.409 e.